The number of ether oxygens (including phenoxy) is 1. The van der Waals surface area contributed by atoms with E-state index in [-0.39, 0.29) is 12.1 Å². The van der Waals surface area contributed by atoms with Crippen LogP contribution < -0.4 is 0 Å². The molecule has 18 heavy (non-hydrogen) atoms. The van der Waals surface area contributed by atoms with Gasteiger partial charge in [0.05, 0.1) is 12.1 Å². The van der Waals surface area contributed by atoms with Crippen LogP contribution in [-0.4, -0.2) is 47.3 Å². The van der Waals surface area contributed by atoms with E-state index in [1.54, 1.807) is 0 Å². The minimum absolute atomic E-state index is 0.0939. The second-order valence-electron chi connectivity index (χ2n) is 6.25. The van der Waals surface area contributed by atoms with Crippen molar-refractivity contribution in [1.82, 2.24) is 4.90 Å². The van der Waals surface area contributed by atoms with Crippen molar-refractivity contribution in [3.8, 4) is 0 Å². The Bertz CT molecular complexity index is 299. The van der Waals surface area contributed by atoms with Gasteiger partial charge in [-0.1, -0.05) is 13.8 Å². The Kier molecular flexibility index (Phi) is 4.28. The van der Waals surface area contributed by atoms with Crippen molar-refractivity contribution < 1.29 is 14.6 Å². The van der Waals surface area contributed by atoms with Crippen molar-refractivity contribution in [2.45, 2.75) is 57.6 Å². The van der Waals surface area contributed by atoms with Crippen LogP contribution in [0.25, 0.3) is 0 Å². The lowest BCUT2D eigenvalue weighted by Gasteiger charge is -2.49. The van der Waals surface area contributed by atoms with Gasteiger partial charge in [0.25, 0.3) is 0 Å². The van der Waals surface area contributed by atoms with E-state index in [0.717, 1.165) is 38.8 Å². The number of carbonyl (C=O) groups is 1. The number of hydrogen-bond donors (Lipinski definition) is 1. The van der Waals surface area contributed by atoms with Crippen LogP contribution in [0, 0.1) is 5.92 Å². The molecule has 1 heterocycles. The number of aliphatic carboxylic acids is 1. The van der Waals surface area contributed by atoms with Crippen molar-refractivity contribution in [2.24, 2.45) is 5.92 Å². The molecular weight excluding hydrogens is 230 g/mol. The number of carboxylic acids is 1. The summed E-state index contributed by atoms with van der Waals surface area (Å²) in [5.41, 5.74) is 0.0939. The van der Waals surface area contributed by atoms with Gasteiger partial charge in [0.2, 0.25) is 0 Å². The minimum Gasteiger partial charge on any atom is -0.480 e. The van der Waals surface area contributed by atoms with E-state index < -0.39 is 5.97 Å². The summed E-state index contributed by atoms with van der Waals surface area (Å²) in [7, 11) is 0. The van der Waals surface area contributed by atoms with Crippen molar-refractivity contribution in [1.29, 1.82) is 0 Å². The van der Waals surface area contributed by atoms with Crippen LogP contribution in [0.5, 0.6) is 0 Å². The molecule has 1 aliphatic heterocycles. The van der Waals surface area contributed by atoms with Gasteiger partial charge in [-0.15, -0.1) is 0 Å². The van der Waals surface area contributed by atoms with Crippen LogP contribution in [-0.2, 0) is 9.53 Å². The summed E-state index contributed by atoms with van der Waals surface area (Å²) in [6, 6.07) is 0.387. The fourth-order valence-corrected chi connectivity index (χ4v) is 3.22. The standard InChI is InChI=1S/C14H25NO3/c1-11(2)9-15(10-13(16)17)12-4-7-18-14(8-12)5-3-6-14/h11-12H,3-10H2,1-2H3,(H,16,17). The maximum atomic E-state index is 11.0. The summed E-state index contributed by atoms with van der Waals surface area (Å²) in [4.78, 5) is 13.2. The lowest BCUT2D eigenvalue weighted by atomic mass is 9.73. The fourth-order valence-electron chi connectivity index (χ4n) is 3.22. The summed E-state index contributed by atoms with van der Waals surface area (Å²) in [5.74, 6) is -0.214. The Labute approximate surface area is 109 Å². The first-order valence-electron chi connectivity index (χ1n) is 7.10. The molecule has 1 unspecified atom stereocenters. The highest BCUT2D eigenvalue weighted by Crippen LogP contribution is 2.43. The topological polar surface area (TPSA) is 49.8 Å². The molecule has 0 aromatic rings. The highest BCUT2D eigenvalue weighted by Gasteiger charge is 2.44. The second-order valence-corrected chi connectivity index (χ2v) is 6.25. The predicted octanol–water partition coefficient (Wildman–Crippen LogP) is 2.13. The van der Waals surface area contributed by atoms with E-state index >= 15 is 0 Å². The quantitative estimate of drug-likeness (QED) is 0.817. The molecule has 2 fully saturated rings. The maximum Gasteiger partial charge on any atom is 0.317 e. The Morgan fingerprint density at radius 1 is 1.50 bits per heavy atom. The highest BCUT2D eigenvalue weighted by molar-refractivity contribution is 5.69. The molecule has 0 aromatic carbocycles. The predicted molar refractivity (Wildman–Crippen MR) is 69.6 cm³/mol. The zero-order valence-corrected chi connectivity index (χ0v) is 11.5. The van der Waals surface area contributed by atoms with Crippen LogP contribution in [0.3, 0.4) is 0 Å². The fraction of sp³-hybridized carbons (Fsp3) is 0.929. The Morgan fingerprint density at radius 2 is 2.22 bits per heavy atom. The molecule has 1 aliphatic carbocycles. The van der Waals surface area contributed by atoms with Gasteiger partial charge in [-0.05, 0) is 38.0 Å². The molecule has 1 spiro atoms. The summed E-state index contributed by atoms with van der Waals surface area (Å²) < 4.78 is 5.92. The van der Waals surface area contributed by atoms with Crippen LogP contribution in [0.4, 0.5) is 0 Å². The van der Waals surface area contributed by atoms with Crippen LogP contribution in [0.15, 0.2) is 0 Å². The average molecular weight is 255 g/mol. The van der Waals surface area contributed by atoms with Crippen molar-refractivity contribution >= 4 is 5.97 Å². The summed E-state index contributed by atoms with van der Waals surface area (Å²) in [6.07, 6.45) is 5.57. The molecule has 2 aliphatic rings. The van der Waals surface area contributed by atoms with Gasteiger partial charge in [-0.3, -0.25) is 9.69 Å². The largest absolute Gasteiger partial charge is 0.480 e. The molecule has 0 amide bonds. The normalized spacial score (nSPS) is 26.6. The van der Waals surface area contributed by atoms with Gasteiger partial charge in [0.15, 0.2) is 0 Å². The molecule has 4 heteroatoms. The first kappa shape index (κ1) is 13.8. The molecule has 2 rings (SSSR count). The van der Waals surface area contributed by atoms with Gasteiger partial charge in [-0.25, -0.2) is 0 Å². The number of hydrogen-bond acceptors (Lipinski definition) is 3. The summed E-state index contributed by atoms with van der Waals surface area (Å²) >= 11 is 0. The van der Waals surface area contributed by atoms with E-state index in [1.807, 2.05) is 0 Å². The third-order valence-corrected chi connectivity index (χ3v) is 4.19. The molecular formula is C14H25NO3. The smallest absolute Gasteiger partial charge is 0.317 e. The minimum atomic E-state index is -0.718. The maximum absolute atomic E-state index is 11.0. The monoisotopic (exact) mass is 255 g/mol. The number of carboxylic acid groups (broad SMARTS) is 1. The zero-order chi connectivity index (χ0) is 13.2. The van der Waals surface area contributed by atoms with E-state index in [1.165, 1.54) is 6.42 Å². The molecule has 0 radical (unpaired) electrons. The molecule has 4 nitrogen and oxygen atoms in total. The SMILES string of the molecule is CC(C)CN(CC(=O)O)C1CCOC2(CCC2)C1. The molecule has 1 atom stereocenters. The summed E-state index contributed by atoms with van der Waals surface area (Å²) in [6.45, 7) is 6.12. The van der Waals surface area contributed by atoms with Crippen LogP contribution in [0.1, 0.15) is 46.0 Å². The molecule has 1 saturated carbocycles. The van der Waals surface area contributed by atoms with Gasteiger partial charge in [0.1, 0.15) is 0 Å². The third-order valence-electron chi connectivity index (χ3n) is 4.19. The lowest BCUT2D eigenvalue weighted by molar-refractivity contribution is -0.155. The Balaban J connectivity index is 1.97. The van der Waals surface area contributed by atoms with Gasteiger partial charge >= 0.3 is 5.97 Å². The average Bonchev–Trinajstić information content (AvgIpc) is 2.25. The first-order valence-corrected chi connectivity index (χ1v) is 7.10. The van der Waals surface area contributed by atoms with E-state index in [9.17, 15) is 4.79 Å². The lowest BCUT2D eigenvalue weighted by Crippen LogP contribution is -2.53. The summed E-state index contributed by atoms with van der Waals surface area (Å²) in [5, 5.41) is 9.06. The zero-order valence-electron chi connectivity index (χ0n) is 11.5. The molecule has 104 valence electrons. The Hall–Kier alpha value is -0.610. The van der Waals surface area contributed by atoms with E-state index in [4.69, 9.17) is 9.84 Å². The van der Waals surface area contributed by atoms with Crippen LogP contribution in [0.2, 0.25) is 0 Å². The van der Waals surface area contributed by atoms with E-state index in [2.05, 4.69) is 18.7 Å². The second kappa shape index (κ2) is 5.57. The molecule has 1 N–H and O–H groups in total. The van der Waals surface area contributed by atoms with Crippen molar-refractivity contribution in [3.63, 3.8) is 0 Å². The third kappa shape index (κ3) is 3.23. The van der Waals surface area contributed by atoms with Gasteiger partial charge in [-0.2, -0.15) is 0 Å². The van der Waals surface area contributed by atoms with Crippen molar-refractivity contribution in [3.05, 3.63) is 0 Å². The first-order chi connectivity index (χ1) is 8.51. The van der Waals surface area contributed by atoms with E-state index in [0.29, 0.717) is 12.0 Å². The van der Waals surface area contributed by atoms with Crippen molar-refractivity contribution in [2.75, 3.05) is 19.7 Å². The molecule has 1 saturated heterocycles. The van der Waals surface area contributed by atoms with Gasteiger partial charge in [0, 0.05) is 19.2 Å². The van der Waals surface area contributed by atoms with Crippen LogP contribution >= 0.6 is 0 Å². The molecule has 0 aromatic heterocycles. The molecule has 0 bridgehead atoms. The number of nitrogens with zero attached hydrogens (tertiary/aromatic N) is 1. The number of rotatable bonds is 5. The Morgan fingerprint density at radius 3 is 2.72 bits per heavy atom. The van der Waals surface area contributed by atoms with Gasteiger partial charge < -0.3 is 9.84 Å². The highest BCUT2D eigenvalue weighted by atomic mass is 16.5.